The lowest BCUT2D eigenvalue weighted by atomic mass is 10.0. The summed E-state index contributed by atoms with van der Waals surface area (Å²) < 4.78 is 64.6. The van der Waals surface area contributed by atoms with Crippen molar-refractivity contribution in [3.63, 3.8) is 0 Å². The molecule has 222 valence electrons. The number of amides is 1. The van der Waals surface area contributed by atoms with E-state index < -0.39 is 28.3 Å². The standard InChI is InChI=1S/C25H31ClF2N8O4S/c1-14(2)36-13-19(23(33-36)20-5-7-29-24(32-20)30-11-15(3)31-25(37)40-4)18-9-16(26)10-21(22(18)28)34-41(38,39)35-8-6-17(27)12-35/h5,7,9-10,13-15,17,34H,6,8,11-12H2,1-4H3,(H,31,37)(H,29,30,32)/t15-,17+/m0/s1. The summed E-state index contributed by atoms with van der Waals surface area (Å²) in [5.74, 6) is -0.642. The first-order valence-electron chi connectivity index (χ1n) is 12.8. The van der Waals surface area contributed by atoms with Gasteiger partial charge in [-0.3, -0.25) is 9.40 Å². The van der Waals surface area contributed by atoms with E-state index in [0.717, 1.165) is 10.4 Å². The molecule has 2 aromatic heterocycles. The molecule has 1 aliphatic rings. The SMILES string of the molecule is COC(=O)N[C@@H](C)CNc1nccc(-c2nn(C(C)C)cc2-c2cc(Cl)cc(NS(=O)(=O)N3CC[C@@H](F)C3)c2F)n1. The Hall–Kier alpha value is -3.56. The van der Waals surface area contributed by atoms with Crippen LogP contribution < -0.4 is 15.4 Å². The summed E-state index contributed by atoms with van der Waals surface area (Å²) in [6, 6.07) is 3.73. The van der Waals surface area contributed by atoms with Crippen molar-refractivity contribution in [1.29, 1.82) is 0 Å². The van der Waals surface area contributed by atoms with Crippen molar-refractivity contribution in [2.24, 2.45) is 0 Å². The highest BCUT2D eigenvalue weighted by molar-refractivity contribution is 7.90. The third kappa shape index (κ3) is 7.21. The molecule has 3 heterocycles. The minimum absolute atomic E-state index is 0.00842. The van der Waals surface area contributed by atoms with Gasteiger partial charge in [-0.25, -0.2) is 23.5 Å². The van der Waals surface area contributed by atoms with Crippen LogP contribution in [0, 0.1) is 5.82 Å². The van der Waals surface area contributed by atoms with Gasteiger partial charge in [0.2, 0.25) is 5.95 Å². The number of methoxy groups -OCH3 is 1. The third-order valence-electron chi connectivity index (χ3n) is 6.28. The van der Waals surface area contributed by atoms with Gasteiger partial charge in [0.05, 0.1) is 18.5 Å². The van der Waals surface area contributed by atoms with Gasteiger partial charge < -0.3 is 15.4 Å². The molecule has 12 nitrogen and oxygen atoms in total. The van der Waals surface area contributed by atoms with Crippen LogP contribution >= 0.6 is 11.6 Å². The van der Waals surface area contributed by atoms with Gasteiger partial charge in [0.25, 0.3) is 0 Å². The lowest BCUT2D eigenvalue weighted by Gasteiger charge is -2.18. The first-order valence-corrected chi connectivity index (χ1v) is 14.6. The second kappa shape index (κ2) is 12.5. The molecule has 3 N–H and O–H groups in total. The van der Waals surface area contributed by atoms with Crippen LogP contribution in [-0.4, -0.2) is 77.5 Å². The van der Waals surface area contributed by atoms with Crippen molar-refractivity contribution in [3.8, 4) is 22.5 Å². The average Bonchev–Trinajstić information content (AvgIpc) is 3.57. The normalized spacial score (nSPS) is 16.5. The van der Waals surface area contributed by atoms with Crippen molar-refractivity contribution in [3.05, 3.63) is 41.4 Å². The zero-order chi connectivity index (χ0) is 29.9. The van der Waals surface area contributed by atoms with Gasteiger partial charge >= 0.3 is 16.3 Å². The summed E-state index contributed by atoms with van der Waals surface area (Å²) in [5.41, 5.74) is 0.591. The van der Waals surface area contributed by atoms with E-state index in [4.69, 9.17) is 11.6 Å². The van der Waals surface area contributed by atoms with Gasteiger partial charge in [-0.1, -0.05) is 11.6 Å². The summed E-state index contributed by atoms with van der Waals surface area (Å²) in [5, 5.41) is 10.3. The number of aromatic nitrogens is 4. The minimum atomic E-state index is -4.22. The number of hydrogen-bond acceptors (Lipinski definition) is 8. The molecular formula is C25H31ClF2N8O4S. The topological polar surface area (TPSA) is 143 Å². The van der Waals surface area contributed by atoms with E-state index in [1.54, 1.807) is 23.9 Å². The summed E-state index contributed by atoms with van der Waals surface area (Å²) in [6.07, 6.45) is 1.34. The van der Waals surface area contributed by atoms with E-state index in [9.17, 15) is 17.6 Å². The highest BCUT2D eigenvalue weighted by Crippen LogP contribution is 2.38. The van der Waals surface area contributed by atoms with E-state index in [0.29, 0.717) is 23.5 Å². The quantitative estimate of drug-likeness (QED) is 0.309. The predicted octanol–water partition coefficient (Wildman–Crippen LogP) is 4.24. The molecule has 1 amide bonds. The number of rotatable bonds is 10. The van der Waals surface area contributed by atoms with Crippen molar-refractivity contribution >= 4 is 39.5 Å². The average molecular weight is 613 g/mol. The summed E-state index contributed by atoms with van der Waals surface area (Å²) in [7, 11) is -2.95. The maximum absolute atomic E-state index is 16.0. The molecule has 1 fully saturated rings. The zero-order valence-electron chi connectivity index (χ0n) is 22.9. The van der Waals surface area contributed by atoms with Gasteiger partial charge in [0, 0.05) is 60.3 Å². The minimum Gasteiger partial charge on any atom is -0.453 e. The maximum atomic E-state index is 16.0. The largest absolute Gasteiger partial charge is 0.453 e. The van der Waals surface area contributed by atoms with E-state index in [1.165, 1.54) is 19.4 Å². The first-order chi connectivity index (χ1) is 19.4. The Morgan fingerprint density at radius 2 is 2.02 bits per heavy atom. The molecule has 41 heavy (non-hydrogen) atoms. The number of benzene rings is 1. The number of anilines is 2. The molecule has 0 saturated carbocycles. The van der Waals surface area contributed by atoms with Crippen LogP contribution in [0.1, 0.15) is 33.2 Å². The number of alkyl carbamates (subject to hydrolysis) is 1. The van der Waals surface area contributed by atoms with E-state index >= 15 is 4.39 Å². The molecule has 1 aromatic carbocycles. The number of alkyl halides is 1. The Bertz CT molecular complexity index is 1520. The second-order valence-corrected chi connectivity index (χ2v) is 11.9. The number of ether oxygens (including phenoxy) is 1. The van der Waals surface area contributed by atoms with Crippen LogP contribution in [-0.2, 0) is 14.9 Å². The first kappa shape index (κ1) is 30.4. The number of carbonyl (C=O) groups is 1. The summed E-state index contributed by atoms with van der Waals surface area (Å²) in [4.78, 5) is 20.2. The molecule has 1 saturated heterocycles. The van der Waals surface area contributed by atoms with Gasteiger partial charge in [0.1, 0.15) is 11.9 Å². The fraction of sp³-hybridized carbons (Fsp3) is 0.440. The van der Waals surface area contributed by atoms with Gasteiger partial charge in [-0.2, -0.15) is 17.8 Å². The van der Waals surface area contributed by atoms with Gasteiger partial charge in [0.15, 0.2) is 5.82 Å². The molecule has 4 rings (SSSR count). The van der Waals surface area contributed by atoms with Crippen molar-refractivity contribution < 1.29 is 26.7 Å². The molecule has 0 aliphatic carbocycles. The molecular weight excluding hydrogens is 582 g/mol. The highest BCUT2D eigenvalue weighted by atomic mass is 35.5. The monoisotopic (exact) mass is 612 g/mol. The molecule has 2 atom stereocenters. The Labute approximate surface area is 241 Å². The maximum Gasteiger partial charge on any atom is 0.407 e. The lowest BCUT2D eigenvalue weighted by molar-refractivity contribution is 0.168. The second-order valence-electron chi connectivity index (χ2n) is 9.81. The lowest BCUT2D eigenvalue weighted by Crippen LogP contribution is -2.37. The van der Waals surface area contributed by atoms with Crippen LogP contribution in [0.15, 0.2) is 30.6 Å². The van der Waals surface area contributed by atoms with Crippen molar-refractivity contribution in [1.82, 2.24) is 29.4 Å². The smallest absolute Gasteiger partial charge is 0.407 e. The van der Waals surface area contributed by atoms with Crippen LogP contribution in [0.25, 0.3) is 22.5 Å². The summed E-state index contributed by atoms with van der Waals surface area (Å²) >= 11 is 6.32. The number of carbonyl (C=O) groups excluding carboxylic acids is 1. The Balaban J connectivity index is 1.69. The molecule has 1 aliphatic heterocycles. The molecule has 16 heteroatoms. The van der Waals surface area contributed by atoms with Crippen LogP contribution in [0.2, 0.25) is 5.02 Å². The molecule has 3 aromatic rings. The summed E-state index contributed by atoms with van der Waals surface area (Å²) in [6.45, 7) is 5.52. The fourth-order valence-electron chi connectivity index (χ4n) is 4.14. The zero-order valence-corrected chi connectivity index (χ0v) is 24.4. The van der Waals surface area contributed by atoms with E-state index in [1.807, 2.05) is 13.8 Å². The van der Waals surface area contributed by atoms with Crippen LogP contribution in [0.4, 0.5) is 25.2 Å². The van der Waals surface area contributed by atoms with Crippen molar-refractivity contribution in [2.45, 2.75) is 45.4 Å². The van der Waals surface area contributed by atoms with E-state index in [-0.39, 0.29) is 53.8 Å². The number of hydrogen-bond donors (Lipinski definition) is 3. The Kier molecular flexibility index (Phi) is 9.29. The highest BCUT2D eigenvalue weighted by Gasteiger charge is 2.32. The Morgan fingerprint density at radius 3 is 2.68 bits per heavy atom. The van der Waals surface area contributed by atoms with Gasteiger partial charge in [-0.15, -0.1) is 0 Å². The fourth-order valence-corrected chi connectivity index (χ4v) is 5.62. The van der Waals surface area contributed by atoms with Crippen LogP contribution in [0.5, 0.6) is 0 Å². The molecule has 0 unspecified atom stereocenters. The third-order valence-corrected chi connectivity index (χ3v) is 7.98. The number of halogens is 3. The Morgan fingerprint density at radius 1 is 1.27 bits per heavy atom. The van der Waals surface area contributed by atoms with Crippen molar-refractivity contribution in [2.75, 3.05) is 36.8 Å². The van der Waals surface area contributed by atoms with Crippen LogP contribution in [0.3, 0.4) is 0 Å². The number of nitrogens with one attached hydrogen (secondary N) is 3. The number of nitrogens with zero attached hydrogens (tertiary/aromatic N) is 5. The molecule has 0 radical (unpaired) electrons. The molecule has 0 spiro atoms. The van der Waals surface area contributed by atoms with E-state index in [2.05, 4.69) is 35.2 Å². The molecule has 0 bridgehead atoms. The predicted molar refractivity (Wildman–Crippen MR) is 151 cm³/mol. The van der Waals surface area contributed by atoms with Gasteiger partial charge in [-0.05, 0) is 45.4 Å².